The van der Waals surface area contributed by atoms with Crippen LogP contribution in [0.3, 0.4) is 0 Å². The van der Waals surface area contributed by atoms with Crippen LogP contribution in [-0.2, 0) is 4.79 Å². The standard InChI is InChI=1S/C15H13IO3/c1-9-7-11(8-10(2)15(9)16)13-5-3-12(19-13)4-6-14(17)18/h3-8H,1-2H3,(H,17,18)/b6-4+. The highest BCUT2D eigenvalue weighted by atomic mass is 127. The first kappa shape index (κ1) is 13.9. The van der Waals surface area contributed by atoms with E-state index in [-0.39, 0.29) is 0 Å². The van der Waals surface area contributed by atoms with Gasteiger partial charge in [0.15, 0.2) is 0 Å². The van der Waals surface area contributed by atoms with Gasteiger partial charge in [-0.1, -0.05) is 0 Å². The second-order valence-electron chi connectivity index (χ2n) is 4.30. The molecule has 1 heterocycles. The second-order valence-corrected chi connectivity index (χ2v) is 5.38. The molecule has 19 heavy (non-hydrogen) atoms. The lowest BCUT2D eigenvalue weighted by Crippen LogP contribution is -1.87. The highest BCUT2D eigenvalue weighted by Crippen LogP contribution is 2.28. The van der Waals surface area contributed by atoms with Crippen LogP contribution in [0.15, 0.2) is 34.8 Å². The molecule has 0 aliphatic heterocycles. The minimum Gasteiger partial charge on any atom is -0.478 e. The van der Waals surface area contributed by atoms with Gasteiger partial charge in [0.25, 0.3) is 0 Å². The van der Waals surface area contributed by atoms with Crippen LogP contribution in [0.2, 0.25) is 0 Å². The van der Waals surface area contributed by atoms with E-state index in [1.165, 1.54) is 20.8 Å². The van der Waals surface area contributed by atoms with Gasteiger partial charge in [0.1, 0.15) is 11.5 Å². The molecule has 0 saturated carbocycles. The number of benzene rings is 1. The van der Waals surface area contributed by atoms with Gasteiger partial charge in [-0.05, 0) is 77.9 Å². The Morgan fingerprint density at radius 2 is 1.89 bits per heavy atom. The first-order valence-electron chi connectivity index (χ1n) is 5.75. The van der Waals surface area contributed by atoms with Crippen molar-refractivity contribution in [1.82, 2.24) is 0 Å². The molecule has 0 spiro atoms. The number of carboxylic acids is 1. The van der Waals surface area contributed by atoms with Crippen LogP contribution < -0.4 is 0 Å². The molecular formula is C15H13IO3. The molecule has 98 valence electrons. The second kappa shape index (κ2) is 5.61. The minimum atomic E-state index is -0.987. The quantitative estimate of drug-likeness (QED) is 0.651. The van der Waals surface area contributed by atoms with Crippen molar-refractivity contribution in [3.8, 4) is 11.3 Å². The van der Waals surface area contributed by atoms with Crippen molar-refractivity contribution in [2.45, 2.75) is 13.8 Å². The maximum atomic E-state index is 10.4. The monoisotopic (exact) mass is 368 g/mol. The Kier molecular flexibility index (Phi) is 4.09. The molecule has 0 bridgehead atoms. The van der Waals surface area contributed by atoms with Gasteiger partial charge in [-0.15, -0.1) is 0 Å². The Hall–Kier alpha value is -1.56. The number of hydrogen-bond acceptors (Lipinski definition) is 2. The first-order valence-corrected chi connectivity index (χ1v) is 6.83. The smallest absolute Gasteiger partial charge is 0.328 e. The fourth-order valence-electron chi connectivity index (χ4n) is 1.84. The molecule has 0 aliphatic rings. The summed E-state index contributed by atoms with van der Waals surface area (Å²) < 4.78 is 6.87. The largest absolute Gasteiger partial charge is 0.478 e. The fraction of sp³-hybridized carbons (Fsp3) is 0.133. The van der Waals surface area contributed by atoms with Crippen molar-refractivity contribution >= 4 is 34.6 Å². The van der Waals surface area contributed by atoms with Crippen molar-refractivity contribution in [2.24, 2.45) is 0 Å². The molecule has 0 unspecified atom stereocenters. The lowest BCUT2D eigenvalue weighted by molar-refractivity contribution is -0.131. The van der Waals surface area contributed by atoms with E-state index in [0.717, 1.165) is 17.4 Å². The molecule has 4 heteroatoms. The van der Waals surface area contributed by atoms with Gasteiger partial charge in [-0.2, -0.15) is 0 Å². The highest BCUT2D eigenvalue weighted by molar-refractivity contribution is 14.1. The summed E-state index contributed by atoms with van der Waals surface area (Å²) in [4.78, 5) is 10.4. The SMILES string of the molecule is Cc1cc(-c2ccc(/C=C/C(=O)O)o2)cc(C)c1I. The Balaban J connectivity index is 2.35. The van der Waals surface area contributed by atoms with Gasteiger partial charge in [-0.25, -0.2) is 4.79 Å². The third kappa shape index (κ3) is 3.26. The topological polar surface area (TPSA) is 50.4 Å². The average molecular weight is 368 g/mol. The number of halogens is 1. The predicted octanol–water partition coefficient (Wildman–Crippen LogP) is 4.27. The van der Waals surface area contributed by atoms with Gasteiger partial charge in [-0.3, -0.25) is 0 Å². The van der Waals surface area contributed by atoms with Crippen LogP contribution in [0.5, 0.6) is 0 Å². The molecule has 0 saturated heterocycles. The van der Waals surface area contributed by atoms with E-state index in [9.17, 15) is 4.79 Å². The summed E-state index contributed by atoms with van der Waals surface area (Å²) in [5.74, 6) is 0.290. The number of hydrogen-bond donors (Lipinski definition) is 1. The van der Waals surface area contributed by atoms with E-state index in [2.05, 4.69) is 48.6 Å². The highest BCUT2D eigenvalue weighted by Gasteiger charge is 2.07. The lowest BCUT2D eigenvalue weighted by atomic mass is 10.1. The van der Waals surface area contributed by atoms with E-state index < -0.39 is 5.97 Å². The number of aliphatic carboxylic acids is 1. The number of furan rings is 1. The van der Waals surface area contributed by atoms with E-state index in [1.54, 1.807) is 6.07 Å². The molecule has 1 N–H and O–H groups in total. The van der Waals surface area contributed by atoms with E-state index >= 15 is 0 Å². The summed E-state index contributed by atoms with van der Waals surface area (Å²) in [6.07, 6.45) is 2.51. The molecule has 2 aromatic rings. The number of aryl methyl sites for hydroxylation is 2. The molecule has 0 atom stereocenters. The van der Waals surface area contributed by atoms with Gasteiger partial charge in [0, 0.05) is 15.2 Å². The summed E-state index contributed by atoms with van der Waals surface area (Å²) in [6, 6.07) is 7.75. The third-order valence-corrected chi connectivity index (χ3v) is 4.44. The Morgan fingerprint density at radius 1 is 1.26 bits per heavy atom. The van der Waals surface area contributed by atoms with Gasteiger partial charge in [0.05, 0.1) is 0 Å². The predicted molar refractivity (Wildman–Crippen MR) is 83.0 cm³/mol. The summed E-state index contributed by atoms with van der Waals surface area (Å²) in [5.41, 5.74) is 3.41. The van der Waals surface area contributed by atoms with Crippen molar-refractivity contribution < 1.29 is 14.3 Å². The van der Waals surface area contributed by atoms with Gasteiger partial charge >= 0.3 is 5.97 Å². The van der Waals surface area contributed by atoms with E-state index in [0.29, 0.717) is 5.76 Å². The maximum Gasteiger partial charge on any atom is 0.328 e. The van der Waals surface area contributed by atoms with E-state index in [1.807, 2.05) is 6.07 Å². The zero-order chi connectivity index (χ0) is 14.0. The van der Waals surface area contributed by atoms with Crippen LogP contribution in [0, 0.1) is 17.4 Å². The van der Waals surface area contributed by atoms with Crippen LogP contribution in [0.25, 0.3) is 17.4 Å². The molecule has 0 radical (unpaired) electrons. The lowest BCUT2D eigenvalue weighted by Gasteiger charge is -2.05. The summed E-state index contributed by atoms with van der Waals surface area (Å²) >= 11 is 2.32. The molecular weight excluding hydrogens is 355 g/mol. The van der Waals surface area contributed by atoms with Crippen LogP contribution in [0.4, 0.5) is 0 Å². The Labute approximate surface area is 125 Å². The number of carboxylic acid groups (broad SMARTS) is 1. The van der Waals surface area contributed by atoms with Crippen LogP contribution >= 0.6 is 22.6 Å². The van der Waals surface area contributed by atoms with Crippen molar-refractivity contribution in [1.29, 1.82) is 0 Å². The van der Waals surface area contributed by atoms with Gasteiger partial charge in [0.2, 0.25) is 0 Å². The minimum absolute atomic E-state index is 0.534. The number of rotatable bonds is 3. The normalized spacial score (nSPS) is 11.1. The maximum absolute atomic E-state index is 10.4. The fourth-order valence-corrected chi connectivity index (χ4v) is 2.15. The third-order valence-electron chi connectivity index (χ3n) is 2.74. The molecule has 3 nitrogen and oxygen atoms in total. The zero-order valence-corrected chi connectivity index (χ0v) is 12.8. The average Bonchev–Trinajstić information content (AvgIpc) is 2.81. The molecule has 1 aromatic heterocycles. The van der Waals surface area contributed by atoms with Crippen molar-refractivity contribution in [2.75, 3.05) is 0 Å². The molecule has 0 aliphatic carbocycles. The first-order chi connectivity index (χ1) is 8.97. The molecule has 1 aromatic carbocycles. The van der Waals surface area contributed by atoms with Crippen molar-refractivity contribution in [3.05, 3.63) is 50.8 Å². The molecule has 0 fully saturated rings. The zero-order valence-electron chi connectivity index (χ0n) is 10.6. The summed E-state index contributed by atoms with van der Waals surface area (Å²) in [6.45, 7) is 4.12. The van der Waals surface area contributed by atoms with Gasteiger partial charge < -0.3 is 9.52 Å². The Morgan fingerprint density at radius 3 is 2.47 bits per heavy atom. The molecule has 0 amide bonds. The van der Waals surface area contributed by atoms with Crippen molar-refractivity contribution in [3.63, 3.8) is 0 Å². The Bertz CT molecular complexity index is 630. The number of carbonyl (C=O) groups is 1. The summed E-state index contributed by atoms with van der Waals surface area (Å²) in [5, 5.41) is 8.57. The van der Waals surface area contributed by atoms with Crippen LogP contribution in [0.1, 0.15) is 16.9 Å². The summed E-state index contributed by atoms with van der Waals surface area (Å²) in [7, 11) is 0. The molecule has 2 rings (SSSR count). The van der Waals surface area contributed by atoms with E-state index in [4.69, 9.17) is 9.52 Å². The van der Waals surface area contributed by atoms with Crippen LogP contribution in [-0.4, -0.2) is 11.1 Å².